The summed E-state index contributed by atoms with van der Waals surface area (Å²) in [6.45, 7) is 4.52. The Morgan fingerprint density at radius 1 is 1.06 bits per heavy atom. The minimum atomic E-state index is -1.16. The number of likely N-dealkylation sites (tertiary alicyclic amines) is 1. The number of carbonyl (C=O) groups excluding carboxylic acids is 4. The molecular weight excluding hydrogens is 444 g/mol. The number of carboxylic acid groups (broad SMARTS) is 1. The first-order chi connectivity index (χ1) is 16.0. The molecule has 4 unspecified atom stereocenters. The maximum absolute atomic E-state index is 13.0. The molecule has 1 aliphatic heterocycles. The smallest absolute Gasteiger partial charge is 0.326 e. The molecule has 4 atom stereocenters. The molecule has 0 aromatic rings. The van der Waals surface area contributed by atoms with Crippen LogP contribution in [0.2, 0.25) is 0 Å². The van der Waals surface area contributed by atoms with Crippen molar-refractivity contribution < 1.29 is 29.1 Å². The predicted octanol–water partition coefficient (Wildman–Crippen LogP) is -1.20. The van der Waals surface area contributed by atoms with Gasteiger partial charge in [-0.1, -0.05) is 13.8 Å². The fourth-order valence-corrected chi connectivity index (χ4v) is 3.93. The van der Waals surface area contributed by atoms with Crippen LogP contribution in [0.4, 0.5) is 0 Å². The van der Waals surface area contributed by atoms with E-state index >= 15 is 0 Å². The van der Waals surface area contributed by atoms with Crippen LogP contribution in [-0.4, -0.2) is 76.9 Å². The molecule has 0 spiro atoms. The quantitative estimate of drug-likeness (QED) is 0.155. The number of aliphatic carboxylic acids is 1. The van der Waals surface area contributed by atoms with E-state index in [4.69, 9.17) is 17.2 Å². The topological polar surface area (TPSA) is 211 Å². The lowest BCUT2D eigenvalue weighted by atomic mass is 10.0. The number of amides is 4. The van der Waals surface area contributed by atoms with Gasteiger partial charge in [-0.05, 0) is 57.4 Å². The molecule has 12 heteroatoms. The molecule has 0 aromatic heterocycles. The Bertz CT molecular complexity index is 731. The Morgan fingerprint density at radius 3 is 2.29 bits per heavy atom. The predicted molar refractivity (Wildman–Crippen MR) is 125 cm³/mol. The molecule has 9 N–H and O–H groups in total. The van der Waals surface area contributed by atoms with Gasteiger partial charge in [-0.2, -0.15) is 0 Å². The highest BCUT2D eigenvalue weighted by Gasteiger charge is 2.38. The van der Waals surface area contributed by atoms with Gasteiger partial charge in [0.25, 0.3) is 0 Å². The summed E-state index contributed by atoms with van der Waals surface area (Å²) in [6, 6.07) is -3.79. The summed E-state index contributed by atoms with van der Waals surface area (Å²) >= 11 is 0. The van der Waals surface area contributed by atoms with Crippen molar-refractivity contribution in [2.45, 2.75) is 89.4 Å². The van der Waals surface area contributed by atoms with Gasteiger partial charge in [-0.15, -0.1) is 0 Å². The normalized spacial score (nSPS) is 18.3. The molecule has 0 aliphatic carbocycles. The van der Waals surface area contributed by atoms with Gasteiger partial charge in [0, 0.05) is 13.0 Å². The first-order valence-electron chi connectivity index (χ1n) is 11.9. The Morgan fingerprint density at radius 2 is 1.74 bits per heavy atom. The highest BCUT2D eigenvalue weighted by atomic mass is 16.4. The minimum Gasteiger partial charge on any atom is -0.480 e. The van der Waals surface area contributed by atoms with E-state index < -0.39 is 53.8 Å². The second-order valence-electron chi connectivity index (χ2n) is 9.18. The average Bonchev–Trinajstić information content (AvgIpc) is 3.25. The maximum Gasteiger partial charge on any atom is 0.326 e. The van der Waals surface area contributed by atoms with Crippen LogP contribution in [0.25, 0.3) is 0 Å². The zero-order valence-corrected chi connectivity index (χ0v) is 20.1. The number of hydrogen-bond donors (Lipinski definition) is 6. The third-order valence-corrected chi connectivity index (χ3v) is 5.76. The number of nitrogens with zero attached hydrogens (tertiary/aromatic N) is 1. The van der Waals surface area contributed by atoms with Crippen LogP contribution in [0.1, 0.15) is 65.2 Å². The molecule has 0 bridgehead atoms. The molecule has 1 saturated heterocycles. The van der Waals surface area contributed by atoms with Crippen LogP contribution in [0.3, 0.4) is 0 Å². The highest BCUT2D eigenvalue weighted by molar-refractivity contribution is 5.94. The summed E-state index contributed by atoms with van der Waals surface area (Å²) < 4.78 is 0. The van der Waals surface area contributed by atoms with Crippen LogP contribution in [-0.2, 0) is 24.0 Å². The van der Waals surface area contributed by atoms with E-state index in [1.165, 1.54) is 4.90 Å². The Labute approximate surface area is 200 Å². The van der Waals surface area contributed by atoms with E-state index in [9.17, 15) is 29.1 Å². The van der Waals surface area contributed by atoms with E-state index in [-0.39, 0.29) is 25.2 Å². The lowest BCUT2D eigenvalue weighted by Crippen LogP contribution is -2.56. The van der Waals surface area contributed by atoms with E-state index in [0.717, 1.165) is 0 Å². The van der Waals surface area contributed by atoms with Crippen molar-refractivity contribution in [2.24, 2.45) is 23.1 Å². The van der Waals surface area contributed by atoms with Gasteiger partial charge in [0.2, 0.25) is 23.6 Å². The lowest BCUT2D eigenvalue weighted by molar-refractivity contribution is -0.143. The number of primary amides is 1. The summed E-state index contributed by atoms with van der Waals surface area (Å²) in [7, 11) is 0. The van der Waals surface area contributed by atoms with Crippen molar-refractivity contribution in [3.63, 3.8) is 0 Å². The fraction of sp³-hybridized carbons (Fsp3) is 0.773. The molecule has 194 valence electrons. The van der Waals surface area contributed by atoms with Gasteiger partial charge >= 0.3 is 5.97 Å². The molecule has 0 aromatic carbocycles. The average molecular weight is 485 g/mol. The molecular formula is C22H40N6O6. The second kappa shape index (κ2) is 14.5. The van der Waals surface area contributed by atoms with Crippen LogP contribution in [0.15, 0.2) is 0 Å². The molecule has 1 aliphatic rings. The largest absolute Gasteiger partial charge is 0.480 e. The number of nitrogens with two attached hydrogens (primary N) is 3. The molecule has 1 heterocycles. The molecule has 12 nitrogen and oxygen atoms in total. The van der Waals surface area contributed by atoms with E-state index in [1.807, 2.05) is 13.8 Å². The Balaban J connectivity index is 2.86. The number of hydrogen-bond acceptors (Lipinski definition) is 7. The van der Waals surface area contributed by atoms with E-state index in [0.29, 0.717) is 45.2 Å². The third kappa shape index (κ3) is 9.64. The molecule has 0 radical (unpaired) electrons. The van der Waals surface area contributed by atoms with Gasteiger partial charge in [0.1, 0.15) is 18.1 Å². The number of carboxylic acids is 1. The van der Waals surface area contributed by atoms with E-state index in [2.05, 4.69) is 10.6 Å². The van der Waals surface area contributed by atoms with E-state index in [1.54, 1.807) is 0 Å². The summed E-state index contributed by atoms with van der Waals surface area (Å²) in [5.74, 6) is -3.21. The van der Waals surface area contributed by atoms with Crippen LogP contribution >= 0.6 is 0 Å². The van der Waals surface area contributed by atoms with Gasteiger partial charge in [-0.3, -0.25) is 19.2 Å². The SMILES string of the molecule is CC(C)CC(NC(=O)C1CCCN1C(=O)C(N)CCC(N)=O)C(=O)NC(CCCCN)C(=O)O. The monoisotopic (exact) mass is 484 g/mol. The van der Waals surface area contributed by atoms with Gasteiger partial charge in [0.15, 0.2) is 0 Å². The molecule has 4 amide bonds. The summed E-state index contributed by atoms with van der Waals surface area (Å²) in [6.07, 6.45) is 2.76. The fourth-order valence-electron chi connectivity index (χ4n) is 3.93. The third-order valence-electron chi connectivity index (χ3n) is 5.76. The summed E-state index contributed by atoms with van der Waals surface area (Å²) in [5.41, 5.74) is 16.5. The summed E-state index contributed by atoms with van der Waals surface area (Å²) in [4.78, 5) is 62.6. The maximum atomic E-state index is 13.0. The molecule has 34 heavy (non-hydrogen) atoms. The standard InChI is InChI=1S/C22H40N6O6/c1-13(2)12-16(19(30)26-15(22(33)34)6-3-4-10-23)27-20(31)17-7-5-11-28(17)21(32)14(24)8-9-18(25)29/h13-17H,3-12,23-24H2,1-2H3,(H2,25,29)(H,26,30)(H,27,31)(H,33,34). The van der Waals surface area contributed by atoms with Crippen molar-refractivity contribution in [1.82, 2.24) is 15.5 Å². The Kier molecular flexibility index (Phi) is 12.5. The highest BCUT2D eigenvalue weighted by Crippen LogP contribution is 2.20. The van der Waals surface area contributed by atoms with Crippen LogP contribution < -0.4 is 27.8 Å². The van der Waals surface area contributed by atoms with Crippen molar-refractivity contribution in [1.29, 1.82) is 0 Å². The zero-order valence-electron chi connectivity index (χ0n) is 20.1. The zero-order chi connectivity index (χ0) is 25.8. The first kappa shape index (κ1) is 29.3. The van der Waals surface area contributed by atoms with Crippen molar-refractivity contribution in [3.05, 3.63) is 0 Å². The lowest BCUT2D eigenvalue weighted by Gasteiger charge is -2.29. The summed E-state index contributed by atoms with van der Waals surface area (Å²) in [5, 5.41) is 14.7. The second-order valence-corrected chi connectivity index (χ2v) is 9.18. The van der Waals surface area contributed by atoms with Crippen molar-refractivity contribution >= 4 is 29.6 Å². The van der Waals surface area contributed by atoms with Gasteiger partial charge in [0.05, 0.1) is 6.04 Å². The van der Waals surface area contributed by atoms with Crippen LogP contribution in [0, 0.1) is 5.92 Å². The molecule has 1 rings (SSSR count). The number of rotatable bonds is 15. The van der Waals surface area contributed by atoms with Crippen LogP contribution in [0.5, 0.6) is 0 Å². The molecule has 0 saturated carbocycles. The minimum absolute atomic E-state index is 0.0374. The molecule has 1 fully saturated rings. The van der Waals surface area contributed by atoms with Crippen molar-refractivity contribution in [3.8, 4) is 0 Å². The number of carbonyl (C=O) groups is 5. The number of nitrogens with one attached hydrogen (secondary N) is 2. The van der Waals surface area contributed by atoms with Gasteiger partial charge in [-0.25, -0.2) is 4.79 Å². The van der Waals surface area contributed by atoms with Crippen molar-refractivity contribution in [2.75, 3.05) is 13.1 Å². The number of unbranched alkanes of at least 4 members (excludes halogenated alkanes) is 1. The van der Waals surface area contributed by atoms with Gasteiger partial charge < -0.3 is 37.8 Å². The Hall–Kier alpha value is -2.73. The first-order valence-corrected chi connectivity index (χ1v) is 11.9.